The second-order valence-electron chi connectivity index (χ2n) is 6.62. The van der Waals surface area contributed by atoms with Crippen LogP contribution < -0.4 is 9.64 Å². The minimum absolute atomic E-state index is 0.244. The SMILES string of the molecule is COCCn1ccc2c(OC3CCN(c4nc(C)ns4)CC3)cccc21. The van der Waals surface area contributed by atoms with Crippen molar-refractivity contribution in [2.45, 2.75) is 32.4 Å². The summed E-state index contributed by atoms with van der Waals surface area (Å²) < 4.78 is 18.1. The van der Waals surface area contributed by atoms with Crippen molar-refractivity contribution in [1.82, 2.24) is 13.9 Å². The fraction of sp³-hybridized carbons (Fsp3) is 0.474. The molecule has 0 saturated carbocycles. The second kappa shape index (κ2) is 7.63. The number of hydrogen-bond acceptors (Lipinski definition) is 6. The molecule has 1 aromatic carbocycles. The van der Waals surface area contributed by atoms with Crippen LogP contribution in [0.15, 0.2) is 30.5 Å². The fourth-order valence-electron chi connectivity index (χ4n) is 3.44. The van der Waals surface area contributed by atoms with E-state index in [0.717, 1.165) is 49.2 Å². The lowest BCUT2D eigenvalue weighted by Gasteiger charge is -2.31. The first kappa shape index (κ1) is 17.3. The molecule has 0 bridgehead atoms. The first-order valence-corrected chi connectivity index (χ1v) is 9.80. The average molecular weight is 372 g/mol. The summed E-state index contributed by atoms with van der Waals surface area (Å²) in [4.78, 5) is 6.80. The Morgan fingerprint density at radius 2 is 2.08 bits per heavy atom. The molecule has 1 fully saturated rings. The van der Waals surface area contributed by atoms with Crippen molar-refractivity contribution in [3.8, 4) is 5.75 Å². The Kier molecular flexibility index (Phi) is 5.08. The summed E-state index contributed by atoms with van der Waals surface area (Å²) in [5, 5.41) is 2.20. The van der Waals surface area contributed by atoms with E-state index in [1.165, 1.54) is 22.4 Å². The molecule has 1 aliphatic heterocycles. The van der Waals surface area contributed by atoms with Gasteiger partial charge in [0, 0.05) is 62.7 Å². The maximum atomic E-state index is 6.37. The molecule has 0 atom stereocenters. The molecule has 0 spiro atoms. The monoisotopic (exact) mass is 372 g/mol. The summed E-state index contributed by atoms with van der Waals surface area (Å²) in [7, 11) is 1.73. The van der Waals surface area contributed by atoms with E-state index in [9.17, 15) is 0 Å². The van der Waals surface area contributed by atoms with Crippen molar-refractivity contribution >= 4 is 27.6 Å². The highest BCUT2D eigenvalue weighted by Gasteiger charge is 2.23. The molecule has 26 heavy (non-hydrogen) atoms. The molecule has 1 saturated heterocycles. The summed E-state index contributed by atoms with van der Waals surface area (Å²) in [6.07, 6.45) is 4.35. The smallest absolute Gasteiger partial charge is 0.205 e. The topological polar surface area (TPSA) is 52.4 Å². The molecule has 2 aromatic heterocycles. The normalized spacial score (nSPS) is 15.7. The predicted octanol–water partition coefficient (Wildman–Crippen LogP) is 3.50. The molecule has 4 rings (SSSR count). The van der Waals surface area contributed by atoms with Gasteiger partial charge >= 0.3 is 0 Å². The van der Waals surface area contributed by atoms with Gasteiger partial charge in [-0.1, -0.05) is 6.07 Å². The summed E-state index contributed by atoms with van der Waals surface area (Å²) in [5.41, 5.74) is 1.20. The molecule has 7 heteroatoms. The minimum Gasteiger partial charge on any atom is -0.490 e. The number of aryl methyl sites for hydroxylation is 1. The van der Waals surface area contributed by atoms with Gasteiger partial charge in [-0.15, -0.1) is 0 Å². The zero-order valence-corrected chi connectivity index (χ0v) is 16.0. The van der Waals surface area contributed by atoms with E-state index in [1.807, 2.05) is 6.92 Å². The van der Waals surface area contributed by atoms with E-state index in [2.05, 4.69) is 49.3 Å². The first-order valence-electron chi connectivity index (χ1n) is 9.03. The predicted molar refractivity (Wildman–Crippen MR) is 104 cm³/mol. The minimum atomic E-state index is 0.244. The Hall–Kier alpha value is -2.12. The van der Waals surface area contributed by atoms with Crippen molar-refractivity contribution in [2.75, 3.05) is 31.7 Å². The fourth-order valence-corrected chi connectivity index (χ4v) is 4.17. The van der Waals surface area contributed by atoms with Gasteiger partial charge in [0.25, 0.3) is 0 Å². The van der Waals surface area contributed by atoms with Gasteiger partial charge in [-0.2, -0.15) is 4.37 Å². The zero-order chi connectivity index (χ0) is 17.9. The molecule has 6 nitrogen and oxygen atoms in total. The summed E-state index contributed by atoms with van der Waals surface area (Å²) in [6.45, 7) is 5.42. The first-order chi connectivity index (χ1) is 12.7. The Balaban J connectivity index is 1.42. The quantitative estimate of drug-likeness (QED) is 0.663. The van der Waals surface area contributed by atoms with Crippen molar-refractivity contribution in [3.05, 3.63) is 36.3 Å². The lowest BCUT2D eigenvalue weighted by Crippen LogP contribution is -2.38. The van der Waals surface area contributed by atoms with Crippen molar-refractivity contribution in [1.29, 1.82) is 0 Å². The van der Waals surface area contributed by atoms with Crippen LogP contribution in [-0.2, 0) is 11.3 Å². The summed E-state index contributed by atoms with van der Waals surface area (Å²) in [6, 6.07) is 8.42. The van der Waals surface area contributed by atoms with Gasteiger partial charge in [0.05, 0.1) is 12.1 Å². The van der Waals surface area contributed by atoms with Crippen LogP contribution in [0.1, 0.15) is 18.7 Å². The van der Waals surface area contributed by atoms with Crippen LogP contribution in [0.3, 0.4) is 0 Å². The van der Waals surface area contributed by atoms with Gasteiger partial charge < -0.3 is 18.9 Å². The molecule has 0 radical (unpaired) electrons. The largest absolute Gasteiger partial charge is 0.490 e. The third kappa shape index (κ3) is 3.54. The maximum absolute atomic E-state index is 6.37. The number of hydrogen-bond donors (Lipinski definition) is 0. The number of fused-ring (bicyclic) bond motifs is 1. The Morgan fingerprint density at radius 3 is 2.81 bits per heavy atom. The van der Waals surface area contributed by atoms with Gasteiger partial charge in [0.1, 0.15) is 17.7 Å². The number of benzene rings is 1. The summed E-state index contributed by atoms with van der Waals surface area (Å²) in [5.74, 6) is 1.83. The molecule has 138 valence electrons. The van der Waals surface area contributed by atoms with Crippen LogP contribution in [-0.4, -0.2) is 46.8 Å². The van der Waals surface area contributed by atoms with Crippen LogP contribution in [0.4, 0.5) is 5.13 Å². The van der Waals surface area contributed by atoms with Crippen molar-refractivity contribution < 1.29 is 9.47 Å². The van der Waals surface area contributed by atoms with Crippen LogP contribution in [0.5, 0.6) is 5.75 Å². The van der Waals surface area contributed by atoms with E-state index >= 15 is 0 Å². The molecule has 0 N–H and O–H groups in total. The maximum Gasteiger partial charge on any atom is 0.205 e. The lowest BCUT2D eigenvalue weighted by molar-refractivity contribution is 0.173. The lowest BCUT2D eigenvalue weighted by atomic mass is 10.1. The molecule has 0 unspecified atom stereocenters. The molecular weight excluding hydrogens is 348 g/mol. The number of aromatic nitrogens is 3. The zero-order valence-electron chi connectivity index (χ0n) is 15.2. The molecule has 3 heterocycles. The molecule has 0 aliphatic carbocycles. The highest BCUT2D eigenvalue weighted by molar-refractivity contribution is 7.09. The van der Waals surface area contributed by atoms with E-state index in [0.29, 0.717) is 6.61 Å². The van der Waals surface area contributed by atoms with E-state index < -0.39 is 0 Å². The van der Waals surface area contributed by atoms with Crippen LogP contribution >= 0.6 is 11.5 Å². The van der Waals surface area contributed by atoms with Crippen LogP contribution in [0.2, 0.25) is 0 Å². The molecule has 0 amide bonds. The Bertz CT molecular complexity index is 867. The van der Waals surface area contributed by atoms with Gasteiger partial charge in [-0.3, -0.25) is 0 Å². The van der Waals surface area contributed by atoms with Gasteiger partial charge in [-0.05, 0) is 25.1 Å². The van der Waals surface area contributed by atoms with Crippen molar-refractivity contribution in [2.24, 2.45) is 0 Å². The number of piperidine rings is 1. The number of anilines is 1. The molecule has 1 aliphatic rings. The van der Waals surface area contributed by atoms with E-state index in [-0.39, 0.29) is 6.10 Å². The number of rotatable bonds is 6. The molecule has 3 aromatic rings. The van der Waals surface area contributed by atoms with Gasteiger partial charge in [-0.25, -0.2) is 4.98 Å². The van der Waals surface area contributed by atoms with Crippen LogP contribution in [0.25, 0.3) is 10.9 Å². The Labute approximate surface area is 157 Å². The van der Waals surface area contributed by atoms with Gasteiger partial charge in [0.15, 0.2) is 0 Å². The van der Waals surface area contributed by atoms with Gasteiger partial charge in [0.2, 0.25) is 5.13 Å². The number of ether oxygens (including phenoxy) is 2. The average Bonchev–Trinajstić information content (AvgIpc) is 3.28. The van der Waals surface area contributed by atoms with Crippen LogP contribution in [0, 0.1) is 6.92 Å². The highest BCUT2D eigenvalue weighted by Crippen LogP contribution is 2.30. The number of nitrogens with zero attached hydrogens (tertiary/aromatic N) is 4. The third-order valence-corrected chi connectivity index (χ3v) is 5.70. The number of methoxy groups -OCH3 is 1. The standard InChI is InChI=1S/C19H24N4O2S/c1-14-20-19(26-21-14)23-9-6-15(7-10-23)25-18-5-3-4-17-16(18)8-11-22(17)12-13-24-2/h3-5,8,11,15H,6-7,9-10,12-13H2,1-2H3. The van der Waals surface area contributed by atoms with E-state index in [4.69, 9.17) is 9.47 Å². The second-order valence-corrected chi connectivity index (χ2v) is 7.35. The Morgan fingerprint density at radius 1 is 1.23 bits per heavy atom. The molecular formula is C19H24N4O2S. The van der Waals surface area contributed by atoms with Crippen molar-refractivity contribution in [3.63, 3.8) is 0 Å². The third-order valence-electron chi connectivity index (χ3n) is 4.83. The van der Waals surface area contributed by atoms with E-state index in [1.54, 1.807) is 7.11 Å². The summed E-state index contributed by atoms with van der Waals surface area (Å²) >= 11 is 1.48. The highest BCUT2D eigenvalue weighted by atomic mass is 32.1.